The van der Waals surface area contributed by atoms with Crippen molar-refractivity contribution in [2.24, 2.45) is 0 Å². The zero-order chi connectivity index (χ0) is 21.3. The van der Waals surface area contributed by atoms with Gasteiger partial charge in [-0.3, -0.25) is 10.1 Å². The Morgan fingerprint density at radius 2 is 1.87 bits per heavy atom. The Balaban J connectivity index is 1.77. The molecule has 1 aromatic heterocycles. The summed E-state index contributed by atoms with van der Waals surface area (Å²) >= 11 is 0. The highest BCUT2D eigenvalue weighted by atomic mass is 16.4. The molecule has 0 aliphatic carbocycles. The number of benzene rings is 2. The van der Waals surface area contributed by atoms with Gasteiger partial charge < -0.3 is 9.67 Å². The van der Waals surface area contributed by atoms with Gasteiger partial charge in [-0.05, 0) is 36.5 Å². The summed E-state index contributed by atoms with van der Waals surface area (Å²) < 4.78 is 2.24. The van der Waals surface area contributed by atoms with E-state index in [1.54, 1.807) is 0 Å². The summed E-state index contributed by atoms with van der Waals surface area (Å²) in [6.07, 6.45) is 5.46. The smallest absolute Gasteiger partial charge is 0.321 e. The summed E-state index contributed by atoms with van der Waals surface area (Å²) in [5.74, 6) is 0.224. The summed E-state index contributed by atoms with van der Waals surface area (Å²) in [5, 5.41) is 12.9. The Labute approximate surface area is 178 Å². The Kier molecular flexibility index (Phi) is 7.80. The number of nitrogens with zero attached hydrogens (tertiary/aromatic N) is 2. The van der Waals surface area contributed by atoms with Gasteiger partial charge >= 0.3 is 5.97 Å². The molecule has 5 nitrogen and oxygen atoms in total. The van der Waals surface area contributed by atoms with E-state index in [1.807, 2.05) is 42.6 Å². The number of imidazole rings is 1. The first-order valence-corrected chi connectivity index (χ1v) is 10.7. The molecule has 2 aromatic carbocycles. The van der Waals surface area contributed by atoms with Gasteiger partial charge in [0.25, 0.3) is 0 Å². The molecule has 0 amide bonds. The molecule has 3 aromatic rings. The second-order valence-corrected chi connectivity index (χ2v) is 7.74. The first-order chi connectivity index (χ1) is 14.6. The number of unbranched alkanes of at least 4 members (excludes halogenated alkanes) is 1. The zero-order valence-electron chi connectivity index (χ0n) is 17.8. The second kappa shape index (κ2) is 10.7. The maximum absolute atomic E-state index is 11.8. The average molecular weight is 406 g/mol. The molecular formula is C25H31N3O2. The number of nitrogens with one attached hydrogen (secondary N) is 1. The highest BCUT2D eigenvalue weighted by Crippen LogP contribution is 2.16. The van der Waals surface area contributed by atoms with Crippen LogP contribution in [-0.4, -0.2) is 26.7 Å². The first kappa shape index (κ1) is 21.8. The third-order valence-corrected chi connectivity index (χ3v) is 5.47. The van der Waals surface area contributed by atoms with Gasteiger partial charge in [0.2, 0.25) is 0 Å². The van der Waals surface area contributed by atoms with Crippen molar-refractivity contribution in [1.82, 2.24) is 14.9 Å². The molecule has 0 saturated heterocycles. The molecule has 0 bridgehead atoms. The Hall–Kier alpha value is -2.92. The van der Waals surface area contributed by atoms with Crippen molar-refractivity contribution in [3.63, 3.8) is 0 Å². The molecule has 3 rings (SSSR count). The lowest BCUT2D eigenvalue weighted by Crippen LogP contribution is -2.38. The van der Waals surface area contributed by atoms with E-state index in [9.17, 15) is 9.90 Å². The van der Waals surface area contributed by atoms with Crippen molar-refractivity contribution in [3.05, 3.63) is 89.0 Å². The van der Waals surface area contributed by atoms with E-state index in [0.29, 0.717) is 13.0 Å². The highest BCUT2D eigenvalue weighted by Gasteiger charge is 2.19. The average Bonchev–Trinajstić information content (AvgIpc) is 3.13. The van der Waals surface area contributed by atoms with E-state index >= 15 is 0 Å². The van der Waals surface area contributed by atoms with Gasteiger partial charge in [0, 0.05) is 25.7 Å². The van der Waals surface area contributed by atoms with Crippen LogP contribution in [0.5, 0.6) is 0 Å². The minimum absolute atomic E-state index is 0.449. The molecule has 2 N–H and O–H groups in total. The Morgan fingerprint density at radius 1 is 1.13 bits per heavy atom. The monoisotopic (exact) mass is 405 g/mol. The van der Waals surface area contributed by atoms with Crippen molar-refractivity contribution in [2.45, 2.75) is 58.7 Å². The minimum Gasteiger partial charge on any atom is -0.480 e. The number of carboxylic acids is 1. The molecule has 158 valence electrons. The Morgan fingerprint density at radius 3 is 2.57 bits per heavy atom. The molecule has 0 fully saturated rings. The van der Waals surface area contributed by atoms with E-state index in [4.69, 9.17) is 0 Å². The number of carboxylic acid groups (broad SMARTS) is 1. The summed E-state index contributed by atoms with van der Waals surface area (Å²) in [6, 6.07) is 17.5. The number of rotatable bonds is 11. The van der Waals surface area contributed by atoms with E-state index in [2.05, 4.69) is 46.9 Å². The molecule has 0 aliphatic heterocycles. The quantitative estimate of drug-likeness (QED) is 0.497. The highest BCUT2D eigenvalue weighted by molar-refractivity contribution is 5.73. The Bertz CT molecular complexity index is 950. The van der Waals surface area contributed by atoms with Gasteiger partial charge in [0.05, 0.1) is 5.69 Å². The number of carbonyl (C=O) groups is 1. The van der Waals surface area contributed by atoms with E-state index in [1.165, 1.54) is 11.1 Å². The van der Waals surface area contributed by atoms with Crippen LogP contribution in [0.4, 0.5) is 0 Å². The van der Waals surface area contributed by atoms with Crippen LogP contribution in [0.1, 0.15) is 48.0 Å². The fourth-order valence-corrected chi connectivity index (χ4v) is 3.60. The standard InChI is InChI=1S/C25H31N3O2/c1-3-4-14-24-27-17-22(28(24)18-21-13-9-8-10-19(21)2)16-26-23(25(29)30)15-20-11-6-5-7-12-20/h5-13,17,23,26H,3-4,14-16,18H2,1-2H3,(H,29,30)/t23-/m0/s1. The van der Waals surface area contributed by atoms with Gasteiger partial charge in [-0.25, -0.2) is 4.98 Å². The zero-order valence-corrected chi connectivity index (χ0v) is 17.8. The van der Waals surface area contributed by atoms with Crippen LogP contribution in [0.3, 0.4) is 0 Å². The topological polar surface area (TPSA) is 67.2 Å². The van der Waals surface area contributed by atoms with Crippen molar-refractivity contribution in [3.8, 4) is 0 Å². The first-order valence-electron chi connectivity index (χ1n) is 10.7. The lowest BCUT2D eigenvalue weighted by molar-refractivity contribution is -0.139. The van der Waals surface area contributed by atoms with E-state index in [0.717, 1.165) is 42.9 Å². The van der Waals surface area contributed by atoms with Crippen LogP contribution in [-0.2, 0) is 30.7 Å². The molecule has 30 heavy (non-hydrogen) atoms. The molecule has 1 atom stereocenters. The predicted molar refractivity (Wildman–Crippen MR) is 120 cm³/mol. The van der Waals surface area contributed by atoms with Gasteiger partial charge in [0.15, 0.2) is 0 Å². The van der Waals surface area contributed by atoms with Crippen LogP contribution in [0.15, 0.2) is 60.8 Å². The predicted octanol–water partition coefficient (Wildman–Crippen LogP) is 4.37. The van der Waals surface area contributed by atoms with Crippen LogP contribution in [0.25, 0.3) is 0 Å². The van der Waals surface area contributed by atoms with Gasteiger partial charge in [-0.1, -0.05) is 67.9 Å². The summed E-state index contributed by atoms with van der Waals surface area (Å²) in [4.78, 5) is 16.5. The molecule has 0 unspecified atom stereocenters. The molecule has 0 aliphatic rings. The fraction of sp³-hybridized carbons (Fsp3) is 0.360. The number of aromatic nitrogens is 2. The summed E-state index contributed by atoms with van der Waals surface area (Å²) in [7, 11) is 0. The van der Waals surface area contributed by atoms with Crippen molar-refractivity contribution in [1.29, 1.82) is 0 Å². The van der Waals surface area contributed by atoms with Crippen LogP contribution < -0.4 is 5.32 Å². The van der Waals surface area contributed by atoms with Crippen LogP contribution >= 0.6 is 0 Å². The normalized spacial score (nSPS) is 12.1. The van der Waals surface area contributed by atoms with Crippen molar-refractivity contribution >= 4 is 5.97 Å². The largest absolute Gasteiger partial charge is 0.480 e. The van der Waals surface area contributed by atoms with Crippen LogP contribution in [0, 0.1) is 6.92 Å². The lowest BCUT2D eigenvalue weighted by Gasteiger charge is -2.17. The SMILES string of the molecule is CCCCc1ncc(CN[C@@H](Cc2ccccc2)C(=O)O)n1Cc1ccccc1C. The molecular weight excluding hydrogens is 374 g/mol. The van der Waals surface area contributed by atoms with Gasteiger partial charge in [-0.2, -0.15) is 0 Å². The third-order valence-electron chi connectivity index (χ3n) is 5.47. The number of aryl methyl sites for hydroxylation is 2. The lowest BCUT2D eigenvalue weighted by atomic mass is 10.1. The van der Waals surface area contributed by atoms with Gasteiger partial charge in [-0.15, -0.1) is 0 Å². The van der Waals surface area contributed by atoms with E-state index in [-0.39, 0.29) is 0 Å². The summed E-state index contributed by atoms with van der Waals surface area (Å²) in [6.45, 7) is 5.52. The molecule has 0 spiro atoms. The number of hydrogen-bond acceptors (Lipinski definition) is 3. The maximum Gasteiger partial charge on any atom is 0.321 e. The third kappa shape index (κ3) is 5.80. The second-order valence-electron chi connectivity index (χ2n) is 7.74. The summed E-state index contributed by atoms with van der Waals surface area (Å²) in [5.41, 5.74) is 4.53. The van der Waals surface area contributed by atoms with Crippen molar-refractivity contribution < 1.29 is 9.90 Å². The number of aliphatic carboxylic acids is 1. The maximum atomic E-state index is 11.8. The fourth-order valence-electron chi connectivity index (χ4n) is 3.60. The number of hydrogen-bond donors (Lipinski definition) is 2. The molecule has 0 radical (unpaired) electrons. The molecule has 0 saturated carbocycles. The van der Waals surface area contributed by atoms with E-state index < -0.39 is 12.0 Å². The molecule has 1 heterocycles. The molecule has 5 heteroatoms. The van der Waals surface area contributed by atoms with Crippen molar-refractivity contribution in [2.75, 3.05) is 0 Å². The van der Waals surface area contributed by atoms with Gasteiger partial charge in [0.1, 0.15) is 11.9 Å². The minimum atomic E-state index is -0.838. The van der Waals surface area contributed by atoms with Crippen LogP contribution in [0.2, 0.25) is 0 Å².